The zero-order valence-electron chi connectivity index (χ0n) is 15.1. The SMILES string of the molecule is Cc1cc(NC(=O)CCCOc2cccc(F)c2)ccc1N1CCCC1. The Morgan fingerprint density at radius 1 is 1.19 bits per heavy atom. The Bertz CT molecular complexity index is 757. The average Bonchev–Trinajstić information content (AvgIpc) is 3.13. The number of hydrogen-bond acceptors (Lipinski definition) is 3. The van der Waals surface area contributed by atoms with E-state index >= 15 is 0 Å². The van der Waals surface area contributed by atoms with Crippen molar-refractivity contribution in [3.8, 4) is 5.75 Å². The van der Waals surface area contributed by atoms with E-state index in [4.69, 9.17) is 4.74 Å². The number of rotatable bonds is 7. The molecule has 1 heterocycles. The quantitative estimate of drug-likeness (QED) is 0.741. The summed E-state index contributed by atoms with van der Waals surface area (Å²) in [6.07, 6.45) is 3.43. The maximum absolute atomic E-state index is 13.1. The molecular weight excluding hydrogens is 331 g/mol. The van der Waals surface area contributed by atoms with Crippen molar-refractivity contribution in [1.29, 1.82) is 0 Å². The highest BCUT2D eigenvalue weighted by Crippen LogP contribution is 2.26. The Hall–Kier alpha value is -2.56. The molecule has 0 radical (unpaired) electrons. The molecule has 1 fully saturated rings. The van der Waals surface area contributed by atoms with Gasteiger partial charge in [0.25, 0.3) is 0 Å². The van der Waals surface area contributed by atoms with Gasteiger partial charge in [-0.2, -0.15) is 0 Å². The lowest BCUT2D eigenvalue weighted by atomic mass is 10.1. The van der Waals surface area contributed by atoms with Crippen LogP contribution in [0.15, 0.2) is 42.5 Å². The van der Waals surface area contributed by atoms with Crippen LogP contribution in [0.3, 0.4) is 0 Å². The monoisotopic (exact) mass is 356 g/mol. The fraction of sp³-hybridized carbons (Fsp3) is 0.381. The van der Waals surface area contributed by atoms with Crippen LogP contribution >= 0.6 is 0 Å². The van der Waals surface area contributed by atoms with Crippen molar-refractivity contribution in [1.82, 2.24) is 0 Å². The van der Waals surface area contributed by atoms with Crippen LogP contribution in [0.4, 0.5) is 15.8 Å². The number of hydrogen-bond donors (Lipinski definition) is 1. The highest BCUT2D eigenvalue weighted by Gasteiger charge is 2.14. The predicted molar refractivity (Wildman–Crippen MR) is 102 cm³/mol. The third kappa shape index (κ3) is 4.97. The van der Waals surface area contributed by atoms with Crippen LogP contribution in [-0.2, 0) is 4.79 Å². The summed E-state index contributed by atoms with van der Waals surface area (Å²) in [4.78, 5) is 14.5. The molecule has 5 heteroatoms. The Kier molecular flexibility index (Phi) is 6.10. The lowest BCUT2D eigenvalue weighted by Gasteiger charge is -2.20. The number of anilines is 2. The number of nitrogens with one attached hydrogen (secondary N) is 1. The van der Waals surface area contributed by atoms with Crippen LogP contribution < -0.4 is 15.0 Å². The number of aryl methyl sites for hydroxylation is 1. The number of carbonyl (C=O) groups is 1. The zero-order valence-corrected chi connectivity index (χ0v) is 15.1. The number of nitrogens with zero attached hydrogens (tertiary/aromatic N) is 1. The van der Waals surface area contributed by atoms with Gasteiger partial charge in [-0.1, -0.05) is 6.07 Å². The average molecular weight is 356 g/mol. The van der Waals surface area contributed by atoms with Gasteiger partial charge in [-0.05, 0) is 62.1 Å². The summed E-state index contributed by atoms with van der Waals surface area (Å²) in [5.41, 5.74) is 3.25. The molecule has 0 aromatic heterocycles. The Morgan fingerprint density at radius 2 is 2.00 bits per heavy atom. The molecule has 0 unspecified atom stereocenters. The molecule has 1 aliphatic heterocycles. The van der Waals surface area contributed by atoms with Gasteiger partial charge in [0, 0.05) is 37.0 Å². The molecule has 0 spiro atoms. The van der Waals surface area contributed by atoms with E-state index < -0.39 is 0 Å². The summed E-state index contributed by atoms with van der Waals surface area (Å²) in [5, 5.41) is 2.94. The van der Waals surface area contributed by atoms with Crippen molar-refractivity contribution < 1.29 is 13.9 Å². The van der Waals surface area contributed by atoms with E-state index in [0.717, 1.165) is 18.8 Å². The summed E-state index contributed by atoms with van der Waals surface area (Å²) in [6.45, 7) is 4.68. The molecule has 2 aromatic carbocycles. The summed E-state index contributed by atoms with van der Waals surface area (Å²) in [5.74, 6) is 0.118. The molecule has 1 aliphatic rings. The van der Waals surface area contributed by atoms with Gasteiger partial charge in [0.15, 0.2) is 0 Å². The molecule has 0 bridgehead atoms. The largest absolute Gasteiger partial charge is 0.493 e. The van der Waals surface area contributed by atoms with Gasteiger partial charge in [-0.25, -0.2) is 4.39 Å². The molecule has 0 atom stereocenters. The van der Waals surface area contributed by atoms with E-state index in [-0.39, 0.29) is 11.7 Å². The maximum atomic E-state index is 13.1. The molecule has 1 saturated heterocycles. The van der Waals surface area contributed by atoms with Crippen LogP contribution in [0.5, 0.6) is 5.75 Å². The van der Waals surface area contributed by atoms with Crippen molar-refractivity contribution in [2.45, 2.75) is 32.6 Å². The van der Waals surface area contributed by atoms with Crippen molar-refractivity contribution >= 4 is 17.3 Å². The third-order valence-electron chi connectivity index (χ3n) is 4.54. The molecule has 4 nitrogen and oxygen atoms in total. The van der Waals surface area contributed by atoms with Crippen molar-refractivity contribution in [3.63, 3.8) is 0 Å². The smallest absolute Gasteiger partial charge is 0.224 e. The van der Waals surface area contributed by atoms with Crippen molar-refractivity contribution in [2.75, 3.05) is 29.9 Å². The minimum atomic E-state index is -0.326. The second-order valence-electron chi connectivity index (χ2n) is 6.65. The lowest BCUT2D eigenvalue weighted by Crippen LogP contribution is -2.19. The first-order valence-electron chi connectivity index (χ1n) is 9.15. The molecule has 0 aliphatic carbocycles. The topological polar surface area (TPSA) is 41.6 Å². The molecule has 0 saturated carbocycles. The van der Waals surface area contributed by atoms with Gasteiger partial charge in [-0.3, -0.25) is 4.79 Å². The Balaban J connectivity index is 1.43. The van der Waals surface area contributed by atoms with Crippen LogP contribution in [0.1, 0.15) is 31.2 Å². The zero-order chi connectivity index (χ0) is 18.4. The summed E-state index contributed by atoms with van der Waals surface area (Å²) >= 11 is 0. The first kappa shape index (κ1) is 18.2. The van der Waals surface area contributed by atoms with E-state index in [2.05, 4.69) is 23.2 Å². The van der Waals surface area contributed by atoms with Crippen molar-refractivity contribution in [3.05, 3.63) is 53.8 Å². The minimum Gasteiger partial charge on any atom is -0.493 e. The molecule has 2 aromatic rings. The summed E-state index contributed by atoms with van der Waals surface area (Å²) < 4.78 is 18.5. The standard InChI is InChI=1S/C21H25FN2O2/c1-16-14-18(9-10-20(16)24-11-2-3-12-24)23-21(25)8-5-13-26-19-7-4-6-17(22)15-19/h4,6-7,9-10,14-15H,2-3,5,8,11-13H2,1H3,(H,23,25). The van der Waals surface area contributed by atoms with Gasteiger partial charge in [0.2, 0.25) is 5.91 Å². The van der Waals surface area contributed by atoms with Crippen LogP contribution in [0, 0.1) is 12.7 Å². The second-order valence-corrected chi connectivity index (χ2v) is 6.65. The number of amides is 1. The summed E-state index contributed by atoms with van der Waals surface area (Å²) in [6, 6.07) is 12.1. The minimum absolute atomic E-state index is 0.0406. The normalized spacial score (nSPS) is 13.7. The molecular formula is C21H25FN2O2. The first-order chi connectivity index (χ1) is 12.6. The predicted octanol–water partition coefficient (Wildman–Crippen LogP) is 4.53. The van der Waals surface area contributed by atoms with E-state index in [0.29, 0.717) is 25.2 Å². The van der Waals surface area contributed by atoms with Gasteiger partial charge in [-0.15, -0.1) is 0 Å². The molecule has 26 heavy (non-hydrogen) atoms. The Morgan fingerprint density at radius 3 is 2.73 bits per heavy atom. The van der Waals surface area contributed by atoms with Crippen LogP contribution in [0.25, 0.3) is 0 Å². The van der Waals surface area contributed by atoms with Crippen molar-refractivity contribution in [2.24, 2.45) is 0 Å². The lowest BCUT2D eigenvalue weighted by molar-refractivity contribution is -0.116. The van der Waals surface area contributed by atoms with Crippen LogP contribution in [0.2, 0.25) is 0 Å². The second kappa shape index (κ2) is 8.70. The fourth-order valence-electron chi connectivity index (χ4n) is 3.25. The molecule has 3 rings (SSSR count). The highest BCUT2D eigenvalue weighted by atomic mass is 19.1. The third-order valence-corrected chi connectivity index (χ3v) is 4.54. The molecule has 138 valence electrons. The van der Waals surface area contributed by atoms with Gasteiger partial charge in [0.1, 0.15) is 11.6 Å². The number of carbonyl (C=O) groups excluding carboxylic acids is 1. The molecule has 1 amide bonds. The first-order valence-corrected chi connectivity index (χ1v) is 9.15. The number of ether oxygens (including phenoxy) is 1. The molecule has 1 N–H and O–H groups in total. The van der Waals surface area contributed by atoms with E-state index in [1.54, 1.807) is 12.1 Å². The van der Waals surface area contributed by atoms with Crippen LogP contribution in [-0.4, -0.2) is 25.6 Å². The van der Waals surface area contributed by atoms with Gasteiger partial charge >= 0.3 is 0 Å². The number of benzene rings is 2. The van der Waals surface area contributed by atoms with Gasteiger partial charge in [0.05, 0.1) is 6.61 Å². The fourth-order valence-corrected chi connectivity index (χ4v) is 3.25. The Labute approximate surface area is 154 Å². The van der Waals surface area contributed by atoms with E-state index in [1.807, 2.05) is 12.1 Å². The maximum Gasteiger partial charge on any atom is 0.224 e. The summed E-state index contributed by atoms with van der Waals surface area (Å²) in [7, 11) is 0. The number of halogens is 1. The van der Waals surface area contributed by atoms with Gasteiger partial charge < -0.3 is 15.0 Å². The van der Waals surface area contributed by atoms with E-state index in [1.165, 1.54) is 36.2 Å². The van der Waals surface area contributed by atoms with E-state index in [9.17, 15) is 9.18 Å². The highest BCUT2D eigenvalue weighted by molar-refractivity contribution is 5.91.